The Labute approximate surface area is 90.4 Å². The van der Waals surface area contributed by atoms with Gasteiger partial charge in [-0.25, -0.2) is 4.98 Å². The van der Waals surface area contributed by atoms with Crippen molar-refractivity contribution in [1.29, 1.82) is 0 Å². The second-order valence-corrected chi connectivity index (χ2v) is 4.19. The van der Waals surface area contributed by atoms with E-state index in [0.717, 1.165) is 18.1 Å². The van der Waals surface area contributed by atoms with Crippen LogP contribution in [0.4, 0.5) is 0 Å². The molecule has 2 unspecified atom stereocenters. The van der Waals surface area contributed by atoms with E-state index in [1.54, 1.807) is 7.11 Å². The fraction of sp³-hybridized carbons (Fsp3) is 0.727. The Morgan fingerprint density at radius 2 is 2.47 bits per heavy atom. The van der Waals surface area contributed by atoms with Gasteiger partial charge in [-0.2, -0.15) is 0 Å². The molecule has 4 nitrogen and oxygen atoms in total. The first-order valence-corrected chi connectivity index (χ1v) is 5.56. The van der Waals surface area contributed by atoms with Crippen molar-refractivity contribution in [3.63, 3.8) is 0 Å². The number of aryl methyl sites for hydroxylation is 1. The minimum Gasteiger partial charge on any atom is -0.380 e. The van der Waals surface area contributed by atoms with Crippen LogP contribution in [0.5, 0.6) is 0 Å². The maximum absolute atomic E-state index is 5.43. The van der Waals surface area contributed by atoms with Gasteiger partial charge in [-0.05, 0) is 26.2 Å². The van der Waals surface area contributed by atoms with E-state index in [0.29, 0.717) is 12.1 Å². The lowest BCUT2D eigenvalue weighted by Gasteiger charge is -2.19. The second kappa shape index (κ2) is 4.77. The van der Waals surface area contributed by atoms with Crippen molar-refractivity contribution >= 4 is 0 Å². The Morgan fingerprint density at radius 3 is 3.13 bits per heavy atom. The molecule has 1 saturated carbocycles. The molecule has 2 atom stereocenters. The molecule has 84 valence electrons. The van der Waals surface area contributed by atoms with Crippen LogP contribution in [0.15, 0.2) is 6.20 Å². The fourth-order valence-electron chi connectivity index (χ4n) is 2.24. The van der Waals surface area contributed by atoms with Gasteiger partial charge in [0.25, 0.3) is 0 Å². The molecule has 1 aromatic heterocycles. The van der Waals surface area contributed by atoms with Crippen LogP contribution in [0.2, 0.25) is 0 Å². The predicted octanol–water partition coefficient (Wildman–Crippen LogP) is 1.38. The number of aromatic nitrogens is 2. The summed E-state index contributed by atoms with van der Waals surface area (Å²) in [4.78, 5) is 7.39. The van der Waals surface area contributed by atoms with Gasteiger partial charge in [0.1, 0.15) is 5.82 Å². The molecule has 0 radical (unpaired) electrons. The molecule has 1 aliphatic rings. The molecule has 0 spiro atoms. The van der Waals surface area contributed by atoms with Crippen LogP contribution in [-0.2, 0) is 11.3 Å². The van der Waals surface area contributed by atoms with Crippen LogP contribution in [0.25, 0.3) is 0 Å². The highest BCUT2D eigenvalue weighted by atomic mass is 16.5. The van der Waals surface area contributed by atoms with Crippen LogP contribution >= 0.6 is 0 Å². The number of rotatable bonds is 4. The molecule has 1 heterocycles. The lowest BCUT2D eigenvalue weighted by Crippen LogP contribution is -2.36. The largest absolute Gasteiger partial charge is 0.380 e. The smallest absolute Gasteiger partial charge is 0.103 e. The first-order valence-electron chi connectivity index (χ1n) is 5.56. The zero-order valence-electron chi connectivity index (χ0n) is 9.42. The van der Waals surface area contributed by atoms with Crippen molar-refractivity contribution in [2.24, 2.45) is 0 Å². The second-order valence-electron chi connectivity index (χ2n) is 4.19. The molecule has 2 N–H and O–H groups in total. The average molecular weight is 209 g/mol. The molecular formula is C11H19N3O. The summed E-state index contributed by atoms with van der Waals surface area (Å²) in [6.07, 6.45) is 5.92. The minimum atomic E-state index is 0.383. The van der Waals surface area contributed by atoms with Crippen LogP contribution < -0.4 is 5.32 Å². The Kier molecular flexibility index (Phi) is 3.38. The third kappa shape index (κ3) is 2.58. The summed E-state index contributed by atoms with van der Waals surface area (Å²) in [6.45, 7) is 2.82. The van der Waals surface area contributed by atoms with E-state index in [1.165, 1.54) is 19.3 Å². The zero-order chi connectivity index (χ0) is 10.7. The van der Waals surface area contributed by atoms with Crippen LogP contribution in [-0.4, -0.2) is 29.2 Å². The highest BCUT2D eigenvalue weighted by Crippen LogP contribution is 2.21. The van der Waals surface area contributed by atoms with Gasteiger partial charge >= 0.3 is 0 Å². The molecule has 4 heteroatoms. The van der Waals surface area contributed by atoms with Crippen molar-refractivity contribution < 1.29 is 4.74 Å². The van der Waals surface area contributed by atoms with Gasteiger partial charge in [0.05, 0.1) is 6.10 Å². The highest BCUT2D eigenvalue weighted by Gasteiger charge is 2.26. The van der Waals surface area contributed by atoms with E-state index >= 15 is 0 Å². The topological polar surface area (TPSA) is 49.9 Å². The van der Waals surface area contributed by atoms with Gasteiger partial charge in [0.15, 0.2) is 0 Å². The summed E-state index contributed by atoms with van der Waals surface area (Å²) in [7, 11) is 1.80. The number of ether oxygens (including phenoxy) is 1. The Hall–Kier alpha value is -0.870. The number of methoxy groups -OCH3 is 1. The summed E-state index contributed by atoms with van der Waals surface area (Å²) in [5, 5.41) is 3.52. The standard InChI is InChI=1S/C11H19N3O/c1-8-12-6-9(14-8)7-13-10-4-3-5-11(10)15-2/h6,10-11,13H,3-5,7H2,1-2H3,(H,12,14). The SMILES string of the molecule is COC1CCCC1NCc1cnc(C)[nH]1. The number of nitrogens with zero attached hydrogens (tertiary/aromatic N) is 1. The maximum atomic E-state index is 5.43. The number of hydrogen-bond acceptors (Lipinski definition) is 3. The summed E-state index contributed by atoms with van der Waals surface area (Å²) >= 11 is 0. The number of nitrogens with one attached hydrogen (secondary N) is 2. The van der Waals surface area contributed by atoms with E-state index < -0.39 is 0 Å². The highest BCUT2D eigenvalue weighted by molar-refractivity contribution is 5.00. The molecule has 0 amide bonds. The molecule has 15 heavy (non-hydrogen) atoms. The number of imidazole rings is 1. The summed E-state index contributed by atoms with van der Waals surface area (Å²) < 4.78 is 5.43. The Balaban J connectivity index is 1.82. The monoisotopic (exact) mass is 209 g/mol. The summed E-state index contributed by atoms with van der Waals surface area (Å²) in [5.74, 6) is 0.974. The Bertz CT molecular complexity index is 311. The third-order valence-electron chi connectivity index (χ3n) is 3.07. The lowest BCUT2D eigenvalue weighted by atomic mass is 10.2. The van der Waals surface area contributed by atoms with E-state index in [-0.39, 0.29) is 0 Å². The van der Waals surface area contributed by atoms with Crippen LogP contribution in [0.1, 0.15) is 30.8 Å². The van der Waals surface area contributed by atoms with Crippen molar-refractivity contribution in [2.75, 3.05) is 7.11 Å². The van der Waals surface area contributed by atoms with Gasteiger partial charge in [-0.3, -0.25) is 0 Å². The van der Waals surface area contributed by atoms with Crippen molar-refractivity contribution in [1.82, 2.24) is 15.3 Å². The third-order valence-corrected chi connectivity index (χ3v) is 3.07. The number of aromatic amines is 1. The predicted molar refractivity (Wildman–Crippen MR) is 58.6 cm³/mol. The molecule has 1 aromatic rings. The maximum Gasteiger partial charge on any atom is 0.103 e. The quantitative estimate of drug-likeness (QED) is 0.787. The number of H-pyrrole nitrogens is 1. The fourth-order valence-corrected chi connectivity index (χ4v) is 2.24. The molecule has 2 rings (SSSR count). The van der Waals surface area contributed by atoms with Gasteiger partial charge < -0.3 is 15.0 Å². The summed E-state index contributed by atoms with van der Waals surface area (Å²) in [5.41, 5.74) is 1.15. The molecular weight excluding hydrogens is 190 g/mol. The van der Waals surface area contributed by atoms with Gasteiger partial charge in [-0.15, -0.1) is 0 Å². The molecule has 0 aromatic carbocycles. The van der Waals surface area contributed by atoms with E-state index in [2.05, 4.69) is 15.3 Å². The van der Waals surface area contributed by atoms with E-state index in [4.69, 9.17) is 4.74 Å². The van der Waals surface area contributed by atoms with Crippen LogP contribution in [0, 0.1) is 6.92 Å². The van der Waals surface area contributed by atoms with Crippen molar-refractivity contribution in [3.8, 4) is 0 Å². The first-order chi connectivity index (χ1) is 7.29. The normalized spacial score (nSPS) is 26.0. The average Bonchev–Trinajstić information content (AvgIpc) is 2.83. The zero-order valence-corrected chi connectivity index (χ0v) is 9.42. The lowest BCUT2D eigenvalue weighted by molar-refractivity contribution is 0.0846. The van der Waals surface area contributed by atoms with Gasteiger partial charge in [0, 0.05) is 31.6 Å². The first kappa shape index (κ1) is 10.6. The summed E-state index contributed by atoms with van der Waals surface area (Å²) in [6, 6.07) is 0.499. The molecule has 1 fully saturated rings. The van der Waals surface area contributed by atoms with Crippen molar-refractivity contribution in [3.05, 3.63) is 17.7 Å². The van der Waals surface area contributed by atoms with Gasteiger partial charge in [-0.1, -0.05) is 0 Å². The van der Waals surface area contributed by atoms with Gasteiger partial charge in [0.2, 0.25) is 0 Å². The van der Waals surface area contributed by atoms with Crippen molar-refractivity contribution in [2.45, 2.75) is 44.9 Å². The molecule has 0 bridgehead atoms. The Morgan fingerprint density at radius 1 is 1.60 bits per heavy atom. The minimum absolute atomic E-state index is 0.383. The van der Waals surface area contributed by atoms with E-state index in [9.17, 15) is 0 Å². The van der Waals surface area contributed by atoms with Crippen LogP contribution in [0.3, 0.4) is 0 Å². The molecule has 0 saturated heterocycles. The van der Waals surface area contributed by atoms with E-state index in [1.807, 2.05) is 13.1 Å². The number of hydrogen-bond donors (Lipinski definition) is 2. The molecule has 1 aliphatic carbocycles. The molecule has 0 aliphatic heterocycles.